The molecule has 2 nitrogen and oxygen atoms in total. The van der Waals surface area contributed by atoms with E-state index in [2.05, 4.69) is 62.4 Å². The number of hydrogen-bond donors (Lipinski definition) is 0. The largest absolute Gasteiger partial charge is 0.303 e. The average Bonchev–Trinajstić information content (AvgIpc) is 2.63. The molecule has 1 saturated heterocycles. The third-order valence-electron chi connectivity index (χ3n) is 4.99. The maximum absolute atomic E-state index is 13.0. The molecule has 1 aliphatic rings. The molecule has 0 N–H and O–H groups in total. The predicted octanol–water partition coefficient (Wildman–Crippen LogP) is 5.18. The standard InChI is InChI=1S/C23H21NO/c1-16-8-12-19(13-9-16)22-21(18-6-4-3-5-7-18)23(25)24(22)20-14-10-17(2)11-15-20/h3-15,21-22H,1-2H3. The van der Waals surface area contributed by atoms with Crippen LogP contribution in [0.15, 0.2) is 78.9 Å². The minimum atomic E-state index is -0.120. The number of carbonyl (C=O) groups excluding carboxylic acids is 1. The van der Waals surface area contributed by atoms with Crippen LogP contribution in [-0.4, -0.2) is 5.91 Å². The van der Waals surface area contributed by atoms with Crippen LogP contribution in [0, 0.1) is 13.8 Å². The van der Waals surface area contributed by atoms with Crippen LogP contribution < -0.4 is 4.90 Å². The Morgan fingerprint density at radius 1 is 0.680 bits per heavy atom. The molecule has 25 heavy (non-hydrogen) atoms. The van der Waals surface area contributed by atoms with E-state index in [1.165, 1.54) is 16.7 Å². The number of carbonyl (C=O) groups is 1. The van der Waals surface area contributed by atoms with Gasteiger partial charge in [-0.2, -0.15) is 0 Å². The zero-order chi connectivity index (χ0) is 17.4. The highest BCUT2D eigenvalue weighted by atomic mass is 16.2. The molecule has 124 valence electrons. The van der Waals surface area contributed by atoms with Crippen molar-refractivity contribution in [1.82, 2.24) is 0 Å². The second kappa shape index (κ2) is 6.21. The molecule has 2 unspecified atom stereocenters. The number of aryl methyl sites for hydroxylation is 2. The number of benzene rings is 3. The van der Waals surface area contributed by atoms with Gasteiger partial charge >= 0.3 is 0 Å². The summed E-state index contributed by atoms with van der Waals surface area (Å²) in [5, 5.41) is 0. The van der Waals surface area contributed by atoms with Gasteiger partial charge in [-0.05, 0) is 37.1 Å². The van der Waals surface area contributed by atoms with E-state index in [0.29, 0.717) is 0 Å². The third-order valence-corrected chi connectivity index (χ3v) is 4.99. The lowest BCUT2D eigenvalue weighted by molar-refractivity contribution is -0.126. The van der Waals surface area contributed by atoms with E-state index in [1.54, 1.807) is 0 Å². The van der Waals surface area contributed by atoms with Gasteiger partial charge in [0.05, 0.1) is 12.0 Å². The summed E-state index contributed by atoms with van der Waals surface area (Å²) in [6.45, 7) is 4.15. The van der Waals surface area contributed by atoms with Crippen molar-refractivity contribution >= 4 is 11.6 Å². The highest BCUT2D eigenvalue weighted by Gasteiger charge is 2.49. The fourth-order valence-corrected chi connectivity index (χ4v) is 3.57. The van der Waals surface area contributed by atoms with E-state index in [-0.39, 0.29) is 17.9 Å². The van der Waals surface area contributed by atoms with Gasteiger partial charge in [0.1, 0.15) is 0 Å². The molecule has 1 heterocycles. The minimum Gasteiger partial charge on any atom is -0.303 e. The highest BCUT2D eigenvalue weighted by Crippen LogP contribution is 2.48. The summed E-state index contributed by atoms with van der Waals surface area (Å²) in [5.41, 5.74) is 5.66. The van der Waals surface area contributed by atoms with Crippen LogP contribution in [-0.2, 0) is 4.79 Å². The van der Waals surface area contributed by atoms with E-state index < -0.39 is 0 Å². The van der Waals surface area contributed by atoms with Gasteiger partial charge in [0.15, 0.2) is 0 Å². The second-order valence-corrected chi connectivity index (χ2v) is 6.79. The van der Waals surface area contributed by atoms with Gasteiger partial charge in [-0.3, -0.25) is 4.79 Å². The third kappa shape index (κ3) is 2.74. The molecule has 0 radical (unpaired) electrons. The number of amides is 1. The fraction of sp³-hybridized carbons (Fsp3) is 0.174. The molecule has 0 spiro atoms. The summed E-state index contributed by atoms with van der Waals surface area (Å²) in [6.07, 6.45) is 0. The summed E-state index contributed by atoms with van der Waals surface area (Å²) in [4.78, 5) is 15.0. The van der Waals surface area contributed by atoms with E-state index in [9.17, 15) is 4.79 Å². The smallest absolute Gasteiger partial charge is 0.237 e. The van der Waals surface area contributed by atoms with Crippen LogP contribution in [0.25, 0.3) is 0 Å². The maximum Gasteiger partial charge on any atom is 0.237 e. The summed E-state index contributed by atoms with van der Waals surface area (Å²) in [6, 6.07) is 26.9. The summed E-state index contributed by atoms with van der Waals surface area (Å²) < 4.78 is 0. The normalized spacial score (nSPS) is 19.6. The van der Waals surface area contributed by atoms with E-state index >= 15 is 0 Å². The quantitative estimate of drug-likeness (QED) is 0.607. The Hall–Kier alpha value is -2.87. The second-order valence-electron chi connectivity index (χ2n) is 6.79. The summed E-state index contributed by atoms with van der Waals surface area (Å²) >= 11 is 0. The molecule has 1 fully saturated rings. The van der Waals surface area contributed by atoms with Gasteiger partial charge < -0.3 is 4.90 Å². The SMILES string of the molecule is Cc1ccc(C2C(c3ccccc3)C(=O)N2c2ccc(C)cc2)cc1. The van der Waals surface area contributed by atoms with Crippen molar-refractivity contribution in [2.75, 3.05) is 4.90 Å². The Balaban J connectivity index is 1.77. The first-order valence-corrected chi connectivity index (χ1v) is 8.66. The minimum absolute atomic E-state index is 0.0400. The van der Waals surface area contributed by atoms with E-state index in [0.717, 1.165) is 11.3 Å². The van der Waals surface area contributed by atoms with Gasteiger partial charge in [-0.25, -0.2) is 0 Å². The summed E-state index contributed by atoms with van der Waals surface area (Å²) in [7, 11) is 0. The fourth-order valence-electron chi connectivity index (χ4n) is 3.57. The first kappa shape index (κ1) is 15.6. The molecule has 0 bridgehead atoms. The van der Waals surface area contributed by atoms with E-state index in [1.807, 2.05) is 35.2 Å². The molecule has 3 aromatic rings. The van der Waals surface area contributed by atoms with Crippen molar-refractivity contribution in [3.05, 3.63) is 101 Å². The monoisotopic (exact) mass is 327 g/mol. The Morgan fingerprint density at radius 2 is 1.24 bits per heavy atom. The van der Waals surface area contributed by atoms with E-state index in [4.69, 9.17) is 0 Å². The average molecular weight is 327 g/mol. The van der Waals surface area contributed by atoms with Gasteiger partial charge in [0, 0.05) is 5.69 Å². The molecule has 3 aromatic carbocycles. The lowest BCUT2D eigenvalue weighted by Gasteiger charge is -2.47. The van der Waals surface area contributed by atoms with Gasteiger partial charge in [-0.1, -0.05) is 77.9 Å². The molecule has 2 atom stereocenters. The number of rotatable bonds is 3. The van der Waals surface area contributed by atoms with Crippen molar-refractivity contribution < 1.29 is 4.79 Å². The lowest BCUT2D eigenvalue weighted by atomic mass is 9.77. The van der Waals surface area contributed by atoms with Crippen LogP contribution in [0.3, 0.4) is 0 Å². The van der Waals surface area contributed by atoms with Crippen molar-refractivity contribution in [2.45, 2.75) is 25.8 Å². The zero-order valence-electron chi connectivity index (χ0n) is 14.5. The van der Waals surface area contributed by atoms with Crippen LogP contribution in [0.4, 0.5) is 5.69 Å². The molecule has 1 amide bonds. The Labute approximate surface area is 148 Å². The Morgan fingerprint density at radius 3 is 1.84 bits per heavy atom. The Bertz CT molecular complexity index is 882. The predicted molar refractivity (Wildman–Crippen MR) is 102 cm³/mol. The molecule has 0 aliphatic carbocycles. The molecule has 0 saturated carbocycles. The van der Waals surface area contributed by atoms with Crippen LogP contribution in [0.5, 0.6) is 0 Å². The number of hydrogen-bond acceptors (Lipinski definition) is 1. The van der Waals surface area contributed by atoms with Crippen molar-refractivity contribution in [2.24, 2.45) is 0 Å². The van der Waals surface area contributed by atoms with Crippen molar-refractivity contribution in [1.29, 1.82) is 0 Å². The molecule has 4 rings (SSSR count). The van der Waals surface area contributed by atoms with Crippen LogP contribution in [0.2, 0.25) is 0 Å². The molecule has 1 aliphatic heterocycles. The molecule has 2 heteroatoms. The number of anilines is 1. The number of nitrogens with zero attached hydrogens (tertiary/aromatic N) is 1. The van der Waals surface area contributed by atoms with Crippen molar-refractivity contribution in [3.63, 3.8) is 0 Å². The van der Waals surface area contributed by atoms with Crippen LogP contribution >= 0.6 is 0 Å². The van der Waals surface area contributed by atoms with Crippen LogP contribution in [0.1, 0.15) is 34.2 Å². The van der Waals surface area contributed by atoms with Gasteiger partial charge in [0.2, 0.25) is 5.91 Å². The first-order chi connectivity index (χ1) is 12.1. The number of β-lactam (4-membered cyclic amide) rings is 1. The highest BCUT2D eigenvalue weighted by molar-refractivity contribution is 6.06. The van der Waals surface area contributed by atoms with Crippen molar-refractivity contribution in [3.8, 4) is 0 Å². The zero-order valence-corrected chi connectivity index (χ0v) is 14.5. The van der Waals surface area contributed by atoms with Gasteiger partial charge in [0.25, 0.3) is 0 Å². The molecular formula is C23H21NO. The molecular weight excluding hydrogens is 306 g/mol. The van der Waals surface area contributed by atoms with Gasteiger partial charge in [-0.15, -0.1) is 0 Å². The lowest BCUT2D eigenvalue weighted by Crippen LogP contribution is -2.53. The first-order valence-electron chi connectivity index (χ1n) is 8.66. The maximum atomic E-state index is 13.0. The summed E-state index contributed by atoms with van der Waals surface area (Å²) in [5.74, 6) is 0.0471. The topological polar surface area (TPSA) is 20.3 Å². The molecule has 0 aromatic heterocycles. The Kier molecular flexibility index (Phi) is 3.89.